The van der Waals surface area contributed by atoms with Gasteiger partial charge in [0.15, 0.2) is 0 Å². The van der Waals surface area contributed by atoms with Crippen molar-refractivity contribution in [2.24, 2.45) is 0 Å². The number of hydrogen-bond acceptors (Lipinski definition) is 4. The van der Waals surface area contributed by atoms with Gasteiger partial charge in [-0.1, -0.05) is 6.07 Å². The molecule has 0 unspecified atom stereocenters. The molecule has 1 heterocycles. The predicted molar refractivity (Wildman–Crippen MR) is 63.5 cm³/mol. The summed E-state index contributed by atoms with van der Waals surface area (Å²) in [7, 11) is 1.31. The number of fused-ring (bicyclic) bond motifs is 1. The van der Waals surface area contributed by atoms with Crippen molar-refractivity contribution in [1.82, 2.24) is 4.57 Å². The Kier molecular flexibility index (Phi) is 2.71. The normalized spacial score (nSPS) is 10.1. The number of aromatic nitrogens is 1. The summed E-state index contributed by atoms with van der Waals surface area (Å²) in [5, 5.41) is 9.49. The second-order valence-corrected chi connectivity index (χ2v) is 3.57. The summed E-state index contributed by atoms with van der Waals surface area (Å²) in [6.07, 6.45) is 1.30. The monoisotopic (exact) mass is 229 g/mol. The number of carbonyl (C=O) groups excluding carboxylic acids is 1. The molecule has 86 valence electrons. The van der Waals surface area contributed by atoms with Crippen LogP contribution in [0, 0.1) is 11.3 Å². The highest BCUT2D eigenvalue weighted by Crippen LogP contribution is 2.27. The van der Waals surface area contributed by atoms with Crippen molar-refractivity contribution in [2.45, 2.75) is 6.42 Å². The summed E-state index contributed by atoms with van der Waals surface area (Å²) >= 11 is 0. The van der Waals surface area contributed by atoms with Crippen LogP contribution in [0.4, 0.5) is 10.5 Å². The molecule has 17 heavy (non-hydrogen) atoms. The number of nitrogen functional groups attached to an aromatic ring is 1. The Morgan fingerprint density at radius 3 is 3.00 bits per heavy atom. The zero-order valence-corrected chi connectivity index (χ0v) is 9.30. The van der Waals surface area contributed by atoms with Gasteiger partial charge >= 0.3 is 6.09 Å². The number of methoxy groups -OCH3 is 1. The van der Waals surface area contributed by atoms with Crippen LogP contribution in [0.5, 0.6) is 0 Å². The molecule has 2 aromatic rings. The highest BCUT2D eigenvalue weighted by molar-refractivity contribution is 5.99. The first-order chi connectivity index (χ1) is 8.19. The van der Waals surface area contributed by atoms with E-state index in [4.69, 9.17) is 11.0 Å². The van der Waals surface area contributed by atoms with Crippen LogP contribution < -0.4 is 5.73 Å². The second kappa shape index (κ2) is 4.18. The van der Waals surface area contributed by atoms with Crippen LogP contribution in [0.1, 0.15) is 5.56 Å². The van der Waals surface area contributed by atoms with Crippen LogP contribution in [0.2, 0.25) is 0 Å². The number of nitriles is 1. The number of carbonyl (C=O) groups is 1. The predicted octanol–water partition coefficient (Wildman–Crippen LogP) is 1.90. The molecule has 0 radical (unpaired) electrons. The molecular formula is C12H11N3O2. The van der Waals surface area contributed by atoms with E-state index >= 15 is 0 Å². The Morgan fingerprint density at radius 1 is 1.59 bits per heavy atom. The van der Waals surface area contributed by atoms with E-state index in [1.807, 2.05) is 0 Å². The number of ether oxygens (including phenoxy) is 1. The molecule has 0 aliphatic heterocycles. The quantitative estimate of drug-likeness (QED) is 0.757. The second-order valence-electron chi connectivity index (χ2n) is 3.57. The summed E-state index contributed by atoms with van der Waals surface area (Å²) in [6, 6.07) is 7.32. The SMILES string of the molecule is COC(=O)n1cc(CC#N)c2c(N)cccc21. The first-order valence-corrected chi connectivity index (χ1v) is 5.02. The fourth-order valence-electron chi connectivity index (χ4n) is 1.87. The molecule has 2 rings (SSSR count). The Balaban J connectivity index is 2.76. The van der Waals surface area contributed by atoms with Crippen molar-refractivity contribution in [3.8, 4) is 6.07 Å². The number of hydrogen-bond donors (Lipinski definition) is 1. The Labute approximate surface area is 98.0 Å². The largest absolute Gasteiger partial charge is 0.452 e. The van der Waals surface area contributed by atoms with Crippen LogP contribution in [0.3, 0.4) is 0 Å². The lowest BCUT2D eigenvalue weighted by atomic mass is 10.1. The Morgan fingerprint density at radius 2 is 2.35 bits per heavy atom. The molecule has 5 heteroatoms. The van der Waals surface area contributed by atoms with Crippen LogP contribution in [-0.2, 0) is 11.2 Å². The fraction of sp³-hybridized carbons (Fsp3) is 0.167. The van der Waals surface area contributed by atoms with Gasteiger partial charge < -0.3 is 10.5 Å². The summed E-state index contributed by atoms with van der Waals surface area (Å²) in [5.74, 6) is 0. The summed E-state index contributed by atoms with van der Waals surface area (Å²) in [4.78, 5) is 11.6. The van der Waals surface area contributed by atoms with Crippen molar-refractivity contribution in [1.29, 1.82) is 5.26 Å². The standard InChI is InChI=1S/C12H11N3O2/c1-17-12(16)15-7-8(5-6-13)11-9(14)3-2-4-10(11)15/h2-4,7H,5,14H2,1H3. The van der Waals surface area contributed by atoms with Gasteiger partial charge in [0.2, 0.25) is 0 Å². The maximum atomic E-state index is 11.6. The van der Waals surface area contributed by atoms with Crippen LogP contribution >= 0.6 is 0 Å². The average molecular weight is 229 g/mol. The minimum Gasteiger partial charge on any atom is -0.452 e. The summed E-state index contributed by atoms with van der Waals surface area (Å²) in [5.41, 5.74) is 7.80. The molecule has 1 aromatic heterocycles. The number of anilines is 1. The van der Waals surface area contributed by atoms with Gasteiger partial charge in [-0.15, -0.1) is 0 Å². The molecule has 0 spiro atoms. The van der Waals surface area contributed by atoms with Crippen molar-refractivity contribution >= 4 is 22.7 Å². The lowest BCUT2D eigenvalue weighted by Crippen LogP contribution is -2.09. The molecule has 0 fully saturated rings. The molecule has 0 aliphatic rings. The lowest BCUT2D eigenvalue weighted by molar-refractivity contribution is 0.174. The molecule has 0 saturated carbocycles. The highest BCUT2D eigenvalue weighted by atomic mass is 16.5. The molecule has 1 aromatic carbocycles. The van der Waals surface area contributed by atoms with E-state index in [0.717, 1.165) is 10.9 Å². The zero-order chi connectivity index (χ0) is 12.4. The topological polar surface area (TPSA) is 81.0 Å². The number of rotatable bonds is 1. The minimum absolute atomic E-state index is 0.203. The van der Waals surface area contributed by atoms with Crippen molar-refractivity contribution < 1.29 is 9.53 Å². The summed E-state index contributed by atoms with van der Waals surface area (Å²) < 4.78 is 6.04. The average Bonchev–Trinajstić information content (AvgIpc) is 2.69. The third kappa shape index (κ3) is 1.70. The third-order valence-corrected chi connectivity index (χ3v) is 2.58. The van der Waals surface area contributed by atoms with E-state index in [1.54, 1.807) is 24.4 Å². The molecule has 0 saturated heterocycles. The molecule has 0 aliphatic carbocycles. The van der Waals surface area contributed by atoms with Crippen molar-refractivity contribution in [3.05, 3.63) is 30.0 Å². The number of benzene rings is 1. The molecule has 0 amide bonds. The van der Waals surface area contributed by atoms with Gasteiger partial charge in [0.1, 0.15) is 0 Å². The summed E-state index contributed by atoms with van der Waals surface area (Å²) in [6.45, 7) is 0. The molecule has 2 N–H and O–H groups in total. The maximum Gasteiger partial charge on any atom is 0.418 e. The molecule has 0 atom stereocenters. The van der Waals surface area contributed by atoms with Gasteiger partial charge in [-0.2, -0.15) is 5.26 Å². The van der Waals surface area contributed by atoms with E-state index in [2.05, 4.69) is 10.8 Å². The first kappa shape index (κ1) is 11.0. The molecule has 0 bridgehead atoms. The van der Waals surface area contributed by atoms with Gasteiger partial charge in [0.25, 0.3) is 0 Å². The smallest absolute Gasteiger partial charge is 0.418 e. The maximum absolute atomic E-state index is 11.6. The van der Waals surface area contributed by atoms with Gasteiger partial charge in [0.05, 0.1) is 25.1 Å². The van der Waals surface area contributed by atoms with Crippen molar-refractivity contribution in [3.63, 3.8) is 0 Å². The lowest BCUT2D eigenvalue weighted by Gasteiger charge is -2.02. The van der Waals surface area contributed by atoms with Gasteiger partial charge in [-0.25, -0.2) is 4.79 Å². The van der Waals surface area contributed by atoms with E-state index in [9.17, 15) is 4.79 Å². The zero-order valence-electron chi connectivity index (χ0n) is 9.30. The van der Waals surface area contributed by atoms with Gasteiger partial charge in [-0.3, -0.25) is 4.57 Å². The van der Waals surface area contributed by atoms with Crippen molar-refractivity contribution in [2.75, 3.05) is 12.8 Å². The van der Waals surface area contributed by atoms with Crippen LogP contribution in [0.15, 0.2) is 24.4 Å². The first-order valence-electron chi connectivity index (χ1n) is 5.02. The molecule has 5 nitrogen and oxygen atoms in total. The van der Waals surface area contributed by atoms with Gasteiger partial charge in [-0.05, 0) is 17.7 Å². The third-order valence-electron chi connectivity index (χ3n) is 2.58. The van der Waals surface area contributed by atoms with E-state index in [1.165, 1.54) is 11.7 Å². The Bertz CT molecular complexity index is 622. The van der Waals surface area contributed by atoms with Crippen LogP contribution in [-0.4, -0.2) is 17.8 Å². The van der Waals surface area contributed by atoms with E-state index in [-0.39, 0.29) is 6.42 Å². The van der Waals surface area contributed by atoms with E-state index < -0.39 is 6.09 Å². The van der Waals surface area contributed by atoms with Crippen LogP contribution in [0.25, 0.3) is 10.9 Å². The number of nitrogens with zero attached hydrogens (tertiary/aromatic N) is 2. The Hall–Kier alpha value is -2.48. The van der Waals surface area contributed by atoms with Gasteiger partial charge in [0, 0.05) is 17.3 Å². The highest BCUT2D eigenvalue weighted by Gasteiger charge is 2.15. The molecular weight excluding hydrogens is 218 g/mol. The fourth-order valence-corrected chi connectivity index (χ4v) is 1.87. The number of nitrogens with two attached hydrogens (primary N) is 1. The van der Waals surface area contributed by atoms with E-state index in [0.29, 0.717) is 11.2 Å². The minimum atomic E-state index is -0.496.